The molecule has 2 atom stereocenters. The minimum atomic E-state index is 0.332. The number of nitrogens with zero attached hydrogens (tertiary/aromatic N) is 1. The summed E-state index contributed by atoms with van der Waals surface area (Å²) >= 11 is 0. The predicted molar refractivity (Wildman–Crippen MR) is 116 cm³/mol. The van der Waals surface area contributed by atoms with E-state index in [1.165, 1.54) is 23.1 Å². The number of nitrogens with one attached hydrogen (secondary N) is 2. The molecule has 1 aliphatic heterocycles. The number of furan rings is 1. The summed E-state index contributed by atoms with van der Waals surface area (Å²) in [6.07, 6.45) is 7.84. The van der Waals surface area contributed by atoms with E-state index in [0.29, 0.717) is 12.1 Å². The maximum Gasteiger partial charge on any atom is 0.138 e. The molecule has 1 saturated heterocycles. The molecule has 0 bridgehead atoms. The van der Waals surface area contributed by atoms with E-state index < -0.39 is 0 Å². The van der Waals surface area contributed by atoms with Crippen LogP contribution in [0.5, 0.6) is 0 Å². The van der Waals surface area contributed by atoms with E-state index in [2.05, 4.69) is 64.1 Å². The molecule has 2 aromatic heterocycles. The summed E-state index contributed by atoms with van der Waals surface area (Å²) in [6.45, 7) is 1.84. The molecule has 0 unspecified atom stereocenters. The number of rotatable bonds is 5. The summed E-state index contributed by atoms with van der Waals surface area (Å²) in [5.74, 6) is 0. The van der Waals surface area contributed by atoms with Crippen LogP contribution in [0.25, 0.3) is 22.1 Å². The van der Waals surface area contributed by atoms with Gasteiger partial charge in [0.1, 0.15) is 5.58 Å². The van der Waals surface area contributed by atoms with Crippen molar-refractivity contribution < 1.29 is 4.42 Å². The van der Waals surface area contributed by atoms with Gasteiger partial charge >= 0.3 is 0 Å². The molecule has 2 aromatic carbocycles. The monoisotopic (exact) mass is 383 g/mol. The lowest BCUT2D eigenvalue weighted by Crippen LogP contribution is -2.45. The molecule has 146 valence electrons. The number of aromatic nitrogens is 1. The minimum absolute atomic E-state index is 0.332. The van der Waals surface area contributed by atoms with Gasteiger partial charge in [-0.1, -0.05) is 36.4 Å². The highest BCUT2D eigenvalue weighted by atomic mass is 16.3. The molecule has 0 aliphatic carbocycles. The van der Waals surface area contributed by atoms with Crippen LogP contribution in [-0.4, -0.2) is 17.6 Å². The molecule has 0 spiro atoms. The van der Waals surface area contributed by atoms with E-state index in [0.717, 1.165) is 36.0 Å². The second kappa shape index (κ2) is 8.19. The smallest absolute Gasteiger partial charge is 0.138 e. The normalized spacial score (nSPS) is 19.4. The number of benzene rings is 2. The van der Waals surface area contributed by atoms with Crippen LogP contribution in [0.15, 0.2) is 83.7 Å². The molecule has 0 amide bonds. The van der Waals surface area contributed by atoms with Crippen LogP contribution in [0, 0.1) is 0 Å². The Morgan fingerprint density at radius 1 is 1.03 bits per heavy atom. The maximum absolute atomic E-state index is 5.82. The number of hydrogen-bond acceptors (Lipinski definition) is 4. The second-order valence-corrected chi connectivity index (χ2v) is 7.69. The molecule has 0 saturated carbocycles. The van der Waals surface area contributed by atoms with Crippen molar-refractivity contribution in [3.8, 4) is 11.1 Å². The largest absolute Gasteiger partial charge is 0.464 e. The zero-order chi connectivity index (χ0) is 19.5. The zero-order valence-electron chi connectivity index (χ0n) is 16.3. The number of piperidine rings is 1. The molecular weight excluding hydrogens is 358 g/mol. The average molecular weight is 383 g/mol. The molecule has 29 heavy (non-hydrogen) atoms. The Morgan fingerprint density at radius 2 is 1.97 bits per heavy atom. The van der Waals surface area contributed by atoms with E-state index in [1.807, 2.05) is 24.5 Å². The molecular formula is C25H25N3O. The summed E-state index contributed by atoms with van der Waals surface area (Å²) < 4.78 is 5.82. The highest BCUT2D eigenvalue weighted by Crippen LogP contribution is 2.29. The standard InChI is InChI=1S/C25H25N3O/c1-2-6-18(7-3-1)24-23(9-5-12-27-24)28-17-22-15-21(20-8-4-11-26-16-20)14-19-10-13-29-25(19)22/h1-4,6-8,10-11,13-16,23-24,27-28H,5,9,12,17H2/t23-,24-/m0/s1. The summed E-state index contributed by atoms with van der Waals surface area (Å²) in [6, 6.07) is 22.0. The quantitative estimate of drug-likeness (QED) is 0.505. The Hall–Kier alpha value is -2.95. The Bertz CT molecular complexity index is 1080. The fourth-order valence-electron chi connectivity index (χ4n) is 4.35. The molecule has 2 N–H and O–H groups in total. The first-order valence-corrected chi connectivity index (χ1v) is 10.3. The highest BCUT2D eigenvalue weighted by Gasteiger charge is 2.25. The van der Waals surface area contributed by atoms with Crippen molar-refractivity contribution in [2.75, 3.05) is 6.54 Å². The SMILES string of the molecule is c1ccc([C@@H]2NCCC[C@@H]2NCc2cc(-c3cccnc3)cc3ccoc23)cc1. The average Bonchev–Trinajstić information content (AvgIpc) is 3.28. The Kier molecular flexibility index (Phi) is 5.11. The molecule has 0 radical (unpaired) electrons. The van der Waals surface area contributed by atoms with Crippen LogP contribution < -0.4 is 10.6 Å². The lowest BCUT2D eigenvalue weighted by atomic mass is 9.92. The van der Waals surface area contributed by atoms with Crippen LogP contribution in [0.2, 0.25) is 0 Å². The first kappa shape index (κ1) is 18.1. The molecule has 1 aliphatic rings. The van der Waals surface area contributed by atoms with Crippen molar-refractivity contribution in [3.63, 3.8) is 0 Å². The van der Waals surface area contributed by atoms with E-state index in [9.17, 15) is 0 Å². The Morgan fingerprint density at radius 3 is 2.83 bits per heavy atom. The zero-order valence-corrected chi connectivity index (χ0v) is 16.3. The van der Waals surface area contributed by atoms with Crippen molar-refractivity contribution in [1.29, 1.82) is 0 Å². The maximum atomic E-state index is 5.82. The Balaban J connectivity index is 1.42. The third kappa shape index (κ3) is 3.82. The van der Waals surface area contributed by atoms with Gasteiger partial charge in [0.15, 0.2) is 0 Å². The van der Waals surface area contributed by atoms with Crippen molar-refractivity contribution in [2.24, 2.45) is 0 Å². The van der Waals surface area contributed by atoms with Gasteiger partial charge in [-0.3, -0.25) is 4.98 Å². The first-order chi connectivity index (χ1) is 14.4. The van der Waals surface area contributed by atoms with Crippen LogP contribution >= 0.6 is 0 Å². The van der Waals surface area contributed by atoms with E-state index in [4.69, 9.17) is 4.42 Å². The molecule has 4 heteroatoms. The van der Waals surface area contributed by atoms with Crippen molar-refractivity contribution in [1.82, 2.24) is 15.6 Å². The first-order valence-electron chi connectivity index (χ1n) is 10.3. The lowest BCUT2D eigenvalue weighted by Gasteiger charge is -2.34. The van der Waals surface area contributed by atoms with Crippen LogP contribution in [0.3, 0.4) is 0 Å². The summed E-state index contributed by atoms with van der Waals surface area (Å²) in [4.78, 5) is 4.27. The number of fused-ring (bicyclic) bond motifs is 1. The third-order valence-corrected chi connectivity index (χ3v) is 5.79. The molecule has 4 nitrogen and oxygen atoms in total. The summed E-state index contributed by atoms with van der Waals surface area (Å²) in [5, 5.41) is 8.64. The van der Waals surface area contributed by atoms with Gasteiger partial charge in [0, 0.05) is 47.5 Å². The van der Waals surface area contributed by atoms with E-state index in [1.54, 1.807) is 6.26 Å². The van der Waals surface area contributed by atoms with Gasteiger partial charge in [0.05, 0.1) is 6.26 Å². The van der Waals surface area contributed by atoms with Crippen molar-refractivity contribution >= 4 is 11.0 Å². The van der Waals surface area contributed by atoms with Gasteiger partial charge in [0.2, 0.25) is 0 Å². The predicted octanol–water partition coefficient (Wildman–Crippen LogP) is 5.08. The van der Waals surface area contributed by atoms with Crippen LogP contribution in [0.4, 0.5) is 0 Å². The van der Waals surface area contributed by atoms with E-state index in [-0.39, 0.29) is 0 Å². The van der Waals surface area contributed by atoms with Gasteiger partial charge in [-0.25, -0.2) is 0 Å². The van der Waals surface area contributed by atoms with Gasteiger partial charge in [-0.15, -0.1) is 0 Å². The van der Waals surface area contributed by atoms with Gasteiger partial charge in [-0.05, 0) is 54.8 Å². The van der Waals surface area contributed by atoms with Gasteiger partial charge < -0.3 is 15.1 Å². The molecule has 4 aromatic rings. The summed E-state index contributed by atoms with van der Waals surface area (Å²) in [7, 11) is 0. The molecule has 5 rings (SSSR count). The highest BCUT2D eigenvalue weighted by molar-refractivity contribution is 5.86. The third-order valence-electron chi connectivity index (χ3n) is 5.79. The second-order valence-electron chi connectivity index (χ2n) is 7.69. The van der Waals surface area contributed by atoms with Crippen LogP contribution in [-0.2, 0) is 6.54 Å². The van der Waals surface area contributed by atoms with Crippen molar-refractivity contribution in [2.45, 2.75) is 31.5 Å². The summed E-state index contributed by atoms with van der Waals surface area (Å²) in [5.41, 5.74) is 5.79. The molecule has 3 heterocycles. The minimum Gasteiger partial charge on any atom is -0.464 e. The topological polar surface area (TPSA) is 50.1 Å². The Labute approximate surface area is 171 Å². The molecule has 1 fully saturated rings. The lowest BCUT2D eigenvalue weighted by molar-refractivity contribution is 0.304. The van der Waals surface area contributed by atoms with Gasteiger partial charge in [-0.2, -0.15) is 0 Å². The number of pyridine rings is 1. The van der Waals surface area contributed by atoms with Crippen molar-refractivity contribution in [3.05, 3.63) is 90.4 Å². The van der Waals surface area contributed by atoms with E-state index >= 15 is 0 Å². The van der Waals surface area contributed by atoms with Crippen LogP contribution in [0.1, 0.15) is 30.0 Å². The fraction of sp³-hybridized carbons (Fsp3) is 0.240. The van der Waals surface area contributed by atoms with Gasteiger partial charge in [0.25, 0.3) is 0 Å². The fourth-order valence-corrected chi connectivity index (χ4v) is 4.35. The number of hydrogen-bond donors (Lipinski definition) is 2.